The van der Waals surface area contributed by atoms with Gasteiger partial charge >= 0.3 is 0 Å². The zero-order valence-electron chi connectivity index (χ0n) is 14.9. The molecule has 26 heavy (non-hydrogen) atoms. The summed E-state index contributed by atoms with van der Waals surface area (Å²) in [5.41, 5.74) is 2.81. The van der Waals surface area contributed by atoms with Gasteiger partial charge in [0.2, 0.25) is 6.10 Å². The minimum absolute atomic E-state index is 0.0463. The highest BCUT2D eigenvalue weighted by atomic mass is 16.7. The SMILES string of the molecule is CCc1cccc2c1OC(c1ccccc1)C(=O)N2CCC1OCCO1. The summed E-state index contributed by atoms with van der Waals surface area (Å²) in [5.74, 6) is 0.756. The van der Waals surface area contributed by atoms with Crippen LogP contribution in [0.15, 0.2) is 48.5 Å². The summed E-state index contributed by atoms with van der Waals surface area (Å²) in [4.78, 5) is 15.0. The van der Waals surface area contributed by atoms with Gasteiger partial charge < -0.3 is 19.1 Å². The second-order valence-corrected chi connectivity index (χ2v) is 6.48. The molecule has 4 rings (SSSR count). The van der Waals surface area contributed by atoms with Crippen molar-refractivity contribution in [2.75, 3.05) is 24.7 Å². The van der Waals surface area contributed by atoms with E-state index in [0.29, 0.717) is 26.2 Å². The van der Waals surface area contributed by atoms with E-state index in [2.05, 4.69) is 13.0 Å². The molecule has 2 heterocycles. The average Bonchev–Trinajstić information content (AvgIpc) is 3.20. The molecule has 0 radical (unpaired) electrons. The van der Waals surface area contributed by atoms with Gasteiger partial charge in [0.15, 0.2) is 6.29 Å². The molecule has 1 unspecified atom stereocenters. The second kappa shape index (κ2) is 7.48. The molecule has 0 spiro atoms. The lowest BCUT2D eigenvalue weighted by atomic mass is 10.0. The molecule has 2 aromatic rings. The Morgan fingerprint density at radius 3 is 2.54 bits per heavy atom. The fraction of sp³-hybridized carbons (Fsp3) is 0.381. The van der Waals surface area contributed by atoms with Gasteiger partial charge in [-0.15, -0.1) is 0 Å². The van der Waals surface area contributed by atoms with Crippen LogP contribution in [0.25, 0.3) is 0 Å². The molecule has 1 fully saturated rings. The van der Waals surface area contributed by atoms with Gasteiger partial charge in [0.05, 0.1) is 18.9 Å². The summed E-state index contributed by atoms with van der Waals surface area (Å²) in [6, 6.07) is 15.6. The molecule has 136 valence electrons. The first-order valence-corrected chi connectivity index (χ1v) is 9.16. The largest absolute Gasteiger partial charge is 0.473 e. The summed E-state index contributed by atoms with van der Waals surface area (Å²) in [6.07, 6.45) is 0.630. The number of ether oxygens (including phenoxy) is 3. The van der Waals surface area contributed by atoms with E-state index >= 15 is 0 Å². The van der Waals surface area contributed by atoms with Gasteiger partial charge in [-0.3, -0.25) is 4.79 Å². The Labute approximate surface area is 153 Å². The Bertz CT molecular complexity index is 771. The number of benzene rings is 2. The van der Waals surface area contributed by atoms with Crippen molar-refractivity contribution in [3.8, 4) is 5.75 Å². The number of carbonyl (C=O) groups is 1. The van der Waals surface area contributed by atoms with Crippen molar-refractivity contribution in [3.05, 3.63) is 59.7 Å². The van der Waals surface area contributed by atoms with Crippen molar-refractivity contribution in [1.29, 1.82) is 0 Å². The highest BCUT2D eigenvalue weighted by molar-refractivity contribution is 6.00. The number of amides is 1. The number of fused-ring (bicyclic) bond motifs is 1. The van der Waals surface area contributed by atoms with E-state index in [0.717, 1.165) is 29.0 Å². The van der Waals surface area contributed by atoms with Crippen LogP contribution in [0, 0.1) is 0 Å². The molecule has 2 aliphatic rings. The lowest BCUT2D eigenvalue weighted by Gasteiger charge is -2.36. The number of anilines is 1. The third-order valence-corrected chi connectivity index (χ3v) is 4.86. The van der Waals surface area contributed by atoms with Crippen LogP contribution in [0.5, 0.6) is 5.75 Å². The third-order valence-electron chi connectivity index (χ3n) is 4.86. The normalized spacial score (nSPS) is 20.1. The highest BCUT2D eigenvalue weighted by Gasteiger charge is 2.36. The number of aryl methyl sites for hydroxylation is 1. The Kier molecular flexibility index (Phi) is 4.91. The molecule has 0 aliphatic carbocycles. The van der Waals surface area contributed by atoms with Gasteiger partial charge in [-0.25, -0.2) is 0 Å². The van der Waals surface area contributed by atoms with Crippen LogP contribution < -0.4 is 9.64 Å². The number of rotatable bonds is 5. The van der Waals surface area contributed by atoms with Crippen molar-refractivity contribution in [2.24, 2.45) is 0 Å². The van der Waals surface area contributed by atoms with Gasteiger partial charge in [0, 0.05) is 18.5 Å². The Balaban J connectivity index is 1.67. The van der Waals surface area contributed by atoms with Crippen LogP contribution in [-0.4, -0.2) is 32.0 Å². The van der Waals surface area contributed by atoms with Gasteiger partial charge in [0.25, 0.3) is 5.91 Å². The maximum Gasteiger partial charge on any atom is 0.272 e. The maximum atomic E-state index is 13.2. The number of carbonyl (C=O) groups excluding carboxylic acids is 1. The molecule has 0 bridgehead atoms. The van der Waals surface area contributed by atoms with Gasteiger partial charge in [-0.05, 0) is 18.1 Å². The van der Waals surface area contributed by atoms with E-state index < -0.39 is 6.10 Å². The van der Waals surface area contributed by atoms with E-state index in [4.69, 9.17) is 14.2 Å². The van der Waals surface area contributed by atoms with E-state index in [1.807, 2.05) is 47.4 Å². The molecule has 0 saturated carbocycles. The first-order valence-electron chi connectivity index (χ1n) is 9.16. The molecular weight excluding hydrogens is 330 g/mol. The van der Waals surface area contributed by atoms with Crippen molar-refractivity contribution >= 4 is 11.6 Å². The number of hydrogen-bond acceptors (Lipinski definition) is 4. The summed E-state index contributed by atoms with van der Waals surface area (Å²) < 4.78 is 17.3. The monoisotopic (exact) mass is 353 g/mol. The second-order valence-electron chi connectivity index (χ2n) is 6.48. The minimum atomic E-state index is -0.623. The molecular formula is C21H23NO4. The first kappa shape index (κ1) is 17.1. The third kappa shape index (κ3) is 3.20. The Morgan fingerprint density at radius 2 is 1.81 bits per heavy atom. The van der Waals surface area contributed by atoms with Crippen molar-refractivity contribution in [2.45, 2.75) is 32.2 Å². The number of para-hydroxylation sites is 1. The Morgan fingerprint density at radius 1 is 1.04 bits per heavy atom. The van der Waals surface area contributed by atoms with E-state index in [-0.39, 0.29) is 12.2 Å². The molecule has 5 heteroatoms. The van der Waals surface area contributed by atoms with E-state index in [9.17, 15) is 4.79 Å². The number of hydrogen-bond donors (Lipinski definition) is 0. The number of nitrogens with zero attached hydrogens (tertiary/aromatic N) is 1. The van der Waals surface area contributed by atoms with Crippen molar-refractivity contribution < 1.29 is 19.0 Å². The average molecular weight is 353 g/mol. The predicted octanol–water partition coefficient (Wildman–Crippen LogP) is 3.48. The molecule has 0 aromatic heterocycles. The van der Waals surface area contributed by atoms with E-state index in [1.165, 1.54) is 0 Å². The van der Waals surface area contributed by atoms with Crippen LogP contribution in [0.1, 0.15) is 30.6 Å². The summed E-state index contributed by atoms with van der Waals surface area (Å²) in [5, 5.41) is 0. The Hall–Kier alpha value is -2.37. The van der Waals surface area contributed by atoms with Crippen LogP contribution in [0.2, 0.25) is 0 Å². The van der Waals surface area contributed by atoms with Crippen LogP contribution in [0.3, 0.4) is 0 Å². The van der Waals surface area contributed by atoms with Gasteiger partial charge in [-0.2, -0.15) is 0 Å². The maximum absolute atomic E-state index is 13.2. The lowest BCUT2D eigenvalue weighted by molar-refractivity contribution is -0.127. The van der Waals surface area contributed by atoms with Gasteiger partial charge in [0.1, 0.15) is 5.75 Å². The summed E-state index contributed by atoms with van der Waals surface area (Å²) >= 11 is 0. The van der Waals surface area contributed by atoms with Crippen LogP contribution >= 0.6 is 0 Å². The molecule has 1 saturated heterocycles. The van der Waals surface area contributed by atoms with Crippen molar-refractivity contribution in [1.82, 2.24) is 0 Å². The molecule has 1 atom stereocenters. The van der Waals surface area contributed by atoms with Crippen LogP contribution in [-0.2, 0) is 20.7 Å². The van der Waals surface area contributed by atoms with Crippen molar-refractivity contribution in [3.63, 3.8) is 0 Å². The highest BCUT2D eigenvalue weighted by Crippen LogP contribution is 2.41. The lowest BCUT2D eigenvalue weighted by Crippen LogP contribution is -2.42. The summed E-state index contributed by atoms with van der Waals surface area (Å²) in [7, 11) is 0. The van der Waals surface area contributed by atoms with E-state index in [1.54, 1.807) is 0 Å². The molecule has 2 aliphatic heterocycles. The fourth-order valence-electron chi connectivity index (χ4n) is 3.50. The predicted molar refractivity (Wildman–Crippen MR) is 98.3 cm³/mol. The molecule has 1 amide bonds. The molecule has 0 N–H and O–H groups in total. The van der Waals surface area contributed by atoms with Gasteiger partial charge in [-0.1, -0.05) is 49.4 Å². The summed E-state index contributed by atoms with van der Waals surface area (Å²) in [6.45, 7) is 3.86. The first-order chi connectivity index (χ1) is 12.8. The quantitative estimate of drug-likeness (QED) is 0.826. The molecule has 5 nitrogen and oxygen atoms in total. The zero-order chi connectivity index (χ0) is 17.9. The zero-order valence-corrected chi connectivity index (χ0v) is 14.9. The topological polar surface area (TPSA) is 48.0 Å². The standard InChI is InChI=1S/C21H23NO4/c1-2-15-9-6-10-17-19(15)26-20(16-7-4-3-5-8-16)21(23)22(17)12-11-18-24-13-14-25-18/h3-10,18,20H,2,11-14H2,1H3. The minimum Gasteiger partial charge on any atom is -0.473 e. The smallest absolute Gasteiger partial charge is 0.272 e. The van der Waals surface area contributed by atoms with Crippen LogP contribution in [0.4, 0.5) is 5.69 Å². The fourth-order valence-corrected chi connectivity index (χ4v) is 3.50. The molecule has 2 aromatic carbocycles.